The number of ether oxygens (including phenoxy) is 1. The number of rotatable bonds is 3. The van der Waals surface area contributed by atoms with Gasteiger partial charge in [-0.05, 0) is 12.1 Å². The van der Waals surface area contributed by atoms with Crippen molar-refractivity contribution in [1.82, 2.24) is 9.97 Å². The van der Waals surface area contributed by atoms with Gasteiger partial charge >= 0.3 is 11.8 Å². The van der Waals surface area contributed by atoms with Gasteiger partial charge in [0.15, 0.2) is 5.75 Å². The first-order valence-corrected chi connectivity index (χ1v) is 6.36. The Bertz CT molecular complexity index is 810. The summed E-state index contributed by atoms with van der Waals surface area (Å²) in [6, 6.07) is 1.15. The van der Waals surface area contributed by atoms with Crippen LogP contribution in [-0.4, -0.2) is 21.7 Å². The first-order valence-electron chi connectivity index (χ1n) is 6.36. The van der Waals surface area contributed by atoms with Gasteiger partial charge in [-0.25, -0.2) is 18.7 Å². The highest BCUT2D eigenvalue weighted by Crippen LogP contribution is 2.55. The second kappa shape index (κ2) is 5.18. The number of aromatic nitrogens is 2. The topological polar surface area (TPSA) is 52.1 Å². The van der Waals surface area contributed by atoms with Gasteiger partial charge in [-0.15, -0.1) is 0 Å². The van der Waals surface area contributed by atoms with E-state index in [1.54, 1.807) is 0 Å². The van der Waals surface area contributed by atoms with E-state index in [2.05, 4.69) is 9.97 Å². The minimum absolute atomic E-state index is 0.136. The zero-order valence-corrected chi connectivity index (χ0v) is 11.4. The fraction of sp³-hybridized carbons (Fsp3) is 0.214. The smallest absolute Gasteiger partial charge is 0.376 e. The molecule has 0 radical (unpaired) electrons. The van der Waals surface area contributed by atoms with Crippen LogP contribution in [0.2, 0.25) is 0 Å². The summed E-state index contributed by atoms with van der Waals surface area (Å²) in [5, 5.41) is 0. The molecule has 2 aromatic rings. The lowest BCUT2D eigenvalue weighted by Crippen LogP contribution is -2.38. The molecule has 1 aromatic heterocycles. The number of hydrogen-bond acceptors (Lipinski definition) is 4. The van der Waals surface area contributed by atoms with Crippen LogP contribution in [0.1, 0.15) is 27.9 Å². The largest absolute Gasteiger partial charge is 0.454 e. The van der Waals surface area contributed by atoms with Gasteiger partial charge in [-0.1, -0.05) is 0 Å². The number of halogens is 6. The minimum Gasteiger partial charge on any atom is -0.454 e. The molecule has 24 heavy (non-hydrogen) atoms. The molecule has 0 aliphatic heterocycles. The summed E-state index contributed by atoms with van der Waals surface area (Å²) in [6.45, 7) is 0. The molecule has 0 N–H and O–H groups in total. The normalized spacial score (nSPS) is 17.9. The van der Waals surface area contributed by atoms with E-state index in [0.717, 1.165) is 18.7 Å². The van der Waals surface area contributed by atoms with E-state index in [9.17, 15) is 31.1 Å². The highest BCUT2D eigenvalue weighted by atomic mass is 19.3. The van der Waals surface area contributed by atoms with Crippen molar-refractivity contribution in [3.63, 3.8) is 0 Å². The number of fused-ring (bicyclic) bond motifs is 1. The Balaban J connectivity index is 2.20. The summed E-state index contributed by atoms with van der Waals surface area (Å²) in [4.78, 5) is 18.7. The molecule has 1 aromatic carbocycles. The van der Waals surface area contributed by atoms with E-state index in [1.807, 2.05) is 0 Å². The number of alkyl halides is 6. The summed E-state index contributed by atoms with van der Waals surface area (Å²) >= 11 is 0. The van der Waals surface area contributed by atoms with Crippen LogP contribution in [0.25, 0.3) is 0 Å². The molecule has 0 saturated heterocycles. The Morgan fingerprint density at radius 3 is 2.21 bits per heavy atom. The SMILES string of the molecule is O=C1c2c(ccc(Oc3cncnc3)c2C(F)F)C(F)(F)C1(F)F. The van der Waals surface area contributed by atoms with Gasteiger partial charge in [-0.3, -0.25) is 4.79 Å². The Labute approximate surface area is 130 Å². The van der Waals surface area contributed by atoms with Gasteiger partial charge in [-0.2, -0.15) is 17.6 Å². The Kier molecular flexibility index (Phi) is 3.50. The van der Waals surface area contributed by atoms with Crippen LogP contribution in [0.3, 0.4) is 0 Å². The average Bonchev–Trinajstić information content (AvgIpc) is 2.66. The van der Waals surface area contributed by atoms with Crippen molar-refractivity contribution in [2.75, 3.05) is 0 Å². The monoisotopic (exact) mass is 348 g/mol. The lowest BCUT2D eigenvalue weighted by atomic mass is 10.0. The van der Waals surface area contributed by atoms with Crippen LogP contribution in [0.5, 0.6) is 11.5 Å². The van der Waals surface area contributed by atoms with Gasteiger partial charge < -0.3 is 4.74 Å². The fourth-order valence-corrected chi connectivity index (χ4v) is 2.35. The first-order chi connectivity index (χ1) is 11.2. The molecule has 0 spiro atoms. The summed E-state index contributed by atoms with van der Waals surface area (Å²) in [5.74, 6) is -13.2. The van der Waals surface area contributed by atoms with Crippen molar-refractivity contribution in [2.45, 2.75) is 18.3 Å². The standard InChI is InChI=1S/C14H6F6N2O2/c15-12(16)10-8(24-6-3-21-5-22-4-6)2-1-7-9(10)11(23)14(19,20)13(7,17)18/h1-5,12H. The molecule has 4 nitrogen and oxygen atoms in total. The summed E-state index contributed by atoms with van der Waals surface area (Å²) in [6.07, 6.45) is -0.205. The molecule has 0 saturated carbocycles. The zero-order chi connectivity index (χ0) is 17.7. The van der Waals surface area contributed by atoms with E-state index in [1.165, 1.54) is 0 Å². The maximum atomic E-state index is 13.7. The van der Waals surface area contributed by atoms with E-state index in [0.29, 0.717) is 12.1 Å². The van der Waals surface area contributed by atoms with E-state index < -0.39 is 46.5 Å². The summed E-state index contributed by atoms with van der Waals surface area (Å²) in [5.41, 5.74) is -4.20. The highest BCUT2D eigenvalue weighted by molar-refractivity contribution is 6.08. The third kappa shape index (κ3) is 2.13. The molecular weight excluding hydrogens is 342 g/mol. The van der Waals surface area contributed by atoms with Gasteiger partial charge in [0.05, 0.1) is 18.0 Å². The third-order valence-electron chi connectivity index (χ3n) is 3.43. The lowest BCUT2D eigenvalue weighted by Gasteiger charge is -2.17. The fourth-order valence-electron chi connectivity index (χ4n) is 2.35. The average molecular weight is 348 g/mol. The van der Waals surface area contributed by atoms with E-state index >= 15 is 0 Å². The predicted molar refractivity (Wildman–Crippen MR) is 66.7 cm³/mol. The summed E-state index contributed by atoms with van der Waals surface area (Å²) < 4.78 is 86.0. The third-order valence-corrected chi connectivity index (χ3v) is 3.43. The second-order valence-electron chi connectivity index (χ2n) is 4.85. The molecule has 126 valence electrons. The summed E-state index contributed by atoms with van der Waals surface area (Å²) in [7, 11) is 0. The van der Waals surface area contributed by atoms with Crippen LogP contribution in [0.15, 0.2) is 30.9 Å². The van der Waals surface area contributed by atoms with Crippen LogP contribution in [0.4, 0.5) is 26.3 Å². The van der Waals surface area contributed by atoms with Gasteiger partial charge in [0.1, 0.15) is 12.1 Å². The minimum atomic E-state index is -5.10. The maximum Gasteiger partial charge on any atom is 0.376 e. The molecule has 1 aliphatic carbocycles. The number of ketones is 1. The van der Waals surface area contributed by atoms with Crippen LogP contribution in [0, 0.1) is 0 Å². The van der Waals surface area contributed by atoms with Gasteiger partial charge in [0.25, 0.3) is 6.43 Å². The van der Waals surface area contributed by atoms with E-state index in [4.69, 9.17) is 4.74 Å². The van der Waals surface area contributed by atoms with Gasteiger partial charge in [0, 0.05) is 11.1 Å². The molecule has 0 fully saturated rings. The molecule has 0 atom stereocenters. The molecule has 1 heterocycles. The highest BCUT2D eigenvalue weighted by Gasteiger charge is 2.70. The quantitative estimate of drug-likeness (QED) is 0.783. The Hall–Kier alpha value is -2.65. The number of carbonyl (C=O) groups is 1. The first kappa shape index (κ1) is 16.2. The Morgan fingerprint density at radius 2 is 1.62 bits per heavy atom. The molecule has 3 rings (SSSR count). The van der Waals surface area contributed by atoms with Crippen LogP contribution < -0.4 is 4.74 Å². The van der Waals surface area contributed by atoms with Gasteiger partial charge in [0.2, 0.25) is 5.78 Å². The van der Waals surface area contributed by atoms with E-state index in [-0.39, 0.29) is 5.75 Å². The number of carbonyl (C=O) groups excluding carboxylic acids is 1. The van der Waals surface area contributed by atoms with Crippen molar-refractivity contribution in [3.8, 4) is 11.5 Å². The molecular formula is C14H6F6N2O2. The van der Waals surface area contributed by atoms with Crippen molar-refractivity contribution >= 4 is 5.78 Å². The van der Waals surface area contributed by atoms with Crippen molar-refractivity contribution in [3.05, 3.63) is 47.5 Å². The van der Waals surface area contributed by atoms with Crippen molar-refractivity contribution < 1.29 is 35.9 Å². The predicted octanol–water partition coefficient (Wildman–Crippen LogP) is 4.13. The number of hydrogen-bond donors (Lipinski definition) is 0. The molecule has 0 bridgehead atoms. The van der Waals surface area contributed by atoms with Crippen LogP contribution in [-0.2, 0) is 5.92 Å². The second-order valence-corrected chi connectivity index (χ2v) is 4.85. The number of Topliss-reactive ketones (excluding diaryl/α,β-unsaturated/α-hetero) is 1. The molecule has 1 aliphatic rings. The molecule has 0 unspecified atom stereocenters. The molecule has 0 amide bonds. The number of benzene rings is 1. The van der Waals surface area contributed by atoms with Crippen LogP contribution >= 0.6 is 0 Å². The lowest BCUT2D eigenvalue weighted by molar-refractivity contribution is -0.176. The molecule has 10 heteroatoms. The van der Waals surface area contributed by atoms with Crippen molar-refractivity contribution in [1.29, 1.82) is 0 Å². The van der Waals surface area contributed by atoms with Crippen molar-refractivity contribution in [2.24, 2.45) is 0 Å². The zero-order valence-electron chi connectivity index (χ0n) is 11.4. The number of nitrogens with zero attached hydrogens (tertiary/aromatic N) is 2. The maximum absolute atomic E-state index is 13.7. The Morgan fingerprint density at radius 1 is 1.00 bits per heavy atom.